The Morgan fingerprint density at radius 2 is 2.13 bits per heavy atom. The first-order valence-electron chi connectivity index (χ1n) is 4.83. The molecule has 0 unspecified atom stereocenters. The predicted octanol–water partition coefficient (Wildman–Crippen LogP) is -0.480. The van der Waals surface area contributed by atoms with Crippen LogP contribution in [-0.4, -0.2) is 40.0 Å². The van der Waals surface area contributed by atoms with Crippen LogP contribution in [0.25, 0.3) is 0 Å². The van der Waals surface area contributed by atoms with Crippen LogP contribution in [0.3, 0.4) is 0 Å². The highest BCUT2D eigenvalue weighted by molar-refractivity contribution is 7.91. The molecule has 1 aromatic rings. The summed E-state index contributed by atoms with van der Waals surface area (Å²) in [5, 5.41) is 16.5. The second-order valence-electron chi connectivity index (χ2n) is 3.73. The van der Waals surface area contributed by atoms with Gasteiger partial charge in [0.1, 0.15) is 15.5 Å². The van der Waals surface area contributed by atoms with Crippen molar-refractivity contribution in [2.24, 2.45) is 0 Å². The first-order chi connectivity index (χ1) is 7.11. The molecular formula is C8H13N3O3S. The zero-order valence-electron chi connectivity index (χ0n) is 8.20. The Hall–Kier alpha value is -0.950. The van der Waals surface area contributed by atoms with Crippen molar-refractivity contribution in [3.8, 4) is 0 Å². The Kier molecular flexibility index (Phi) is 2.74. The highest BCUT2D eigenvalue weighted by Crippen LogP contribution is 2.22. The van der Waals surface area contributed by atoms with Gasteiger partial charge in [-0.2, -0.15) is 0 Å². The van der Waals surface area contributed by atoms with Gasteiger partial charge in [0.15, 0.2) is 0 Å². The molecule has 1 aliphatic rings. The summed E-state index contributed by atoms with van der Waals surface area (Å²) in [5.74, 6) is 0.429. The summed E-state index contributed by atoms with van der Waals surface area (Å²) in [7, 11) is -2.83. The van der Waals surface area contributed by atoms with Crippen molar-refractivity contribution in [3.63, 3.8) is 0 Å². The molecule has 1 N–H and O–H groups in total. The van der Waals surface area contributed by atoms with Crippen LogP contribution < -0.4 is 0 Å². The Bertz CT molecular complexity index is 426. The van der Waals surface area contributed by atoms with Gasteiger partial charge in [0.25, 0.3) is 0 Å². The molecular weight excluding hydrogens is 218 g/mol. The zero-order valence-corrected chi connectivity index (χ0v) is 9.02. The van der Waals surface area contributed by atoms with Crippen LogP contribution in [0.5, 0.6) is 0 Å². The number of aliphatic hydroxyl groups excluding tert-OH is 1. The molecule has 0 spiro atoms. The fourth-order valence-electron chi connectivity index (χ4n) is 1.71. The highest BCUT2D eigenvalue weighted by atomic mass is 32.2. The minimum absolute atomic E-state index is 0.0984. The fraction of sp³-hybridized carbons (Fsp3) is 0.750. The highest BCUT2D eigenvalue weighted by Gasteiger charge is 2.25. The minimum Gasteiger partial charge on any atom is -0.390 e. The van der Waals surface area contributed by atoms with E-state index in [0.717, 1.165) is 0 Å². The normalized spacial score (nSPS) is 21.7. The van der Waals surface area contributed by atoms with Gasteiger partial charge in [0, 0.05) is 0 Å². The van der Waals surface area contributed by atoms with E-state index < -0.39 is 9.84 Å². The molecule has 15 heavy (non-hydrogen) atoms. The number of hydrogen-bond donors (Lipinski definition) is 1. The van der Waals surface area contributed by atoms with Crippen LogP contribution in [0.4, 0.5) is 0 Å². The standard InChI is InChI=1S/C8H13N3O3S/c12-6-7-5-11(10-9-7)8-1-3-15(13,14)4-2-8/h5,8,12H,1-4,6H2. The third kappa shape index (κ3) is 2.35. The average Bonchev–Trinajstić information content (AvgIpc) is 2.66. The number of hydrogen-bond acceptors (Lipinski definition) is 5. The Labute approximate surface area is 87.8 Å². The van der Waals surface area contributed by atoms with E-state index in [-0.39, 0.29) is 24.2 Å². The molecule has 2 rings (SSSR count). The molecule has 0 aromatic carbocycles. The number of aliphatic hydroxyl groups is 1. The van der Waals surface area contributed by atoms with Gasteiger partial charge in [-0.3, -0.25) is 0 Å². The number of aromatic nitrogens is 3. The fourth-order valence-corrected chi connectivity index (χ4v) is 3.17. The number of sulfone groups is 1. The van der Waals surface area contributed by atoms with Crippen LogP contribution in [0.2, 0.25) is 0 Å². The van der Waals surface area contributed by atoms with Crippen LogP contribution in [0, 0.1) is 0 Å². The van der Waals surface area contributed by atoms with Gasteiger partial charge in [-0.1, -0.05) is 5.21 Å². The smallest absolute Gasteiger partial charge is 0.150 e. The topological polar surface area (TPSA) is 85.1 Å². The molecule has 0 amide bonds. The second kappa shape index (κ2) is 3.90. The van der Waals surface area contributed by atoms with Gasteiger partial charge in [-0.15, -0.1) is 5.10 Å². The quantitative estimate of drug-likeness (QED) is 0.743. The monoisotopic (exact) mass is 231 g/mol. The van der Waals surface area contributed by atoms with Crippen LogP contribution in [-0.2, 0) is 16.4 Å². The lowest BCUT2D eigenvalue weighted by Gasteiger charge is -2.21. The average molecular weight is 231 g/mol. The lowest BCUT2D eigenvalue weighted by atomic mass is 10.2. The third-order valence-electron chi connectivity index (χ3n) is 2.62. The molecule has 0 bridgehead atoms. The van der Waals surface area contributed by atoms with Crippen molar-refractivity contribution < 1.29 is 13.5 Å². The zero-order chi connectivity index (χ0) is 10.9. The third-order valence-corrected chi connectivity index (χ3v) is 4.33. The van der Waals surface area contributed by atoms with E-state index in [1.807, 2.05) is 0 Å². The van der Waals surface area contributed by atoms with Gasteiger partial charge in [0.2, 0.25) is 0 Å². The molecule has 0 aliphatic carbocycles. The summed E-state index contributed by atoms with van der Waals surface area (Å²) in [6, 6.07) is 0.0984. The summed E-state index contributed by atoms with van der Waals surface area (Å²) in [4.78, 5) is 0. The van der Waals surface area contributed by atoms with Gasteiger partial charge >= 0.3 is 0 Å². The summed E-state index contributed by atoms with van der Waals surface area (Å²) >= 11 is 0. The first kappa shape index (κ1) is 10.6. The van der Waals surface area contributed by atoms with Crippen molar-refractivity contribution in [1.82, 2.24) is 15.0 Å². The molecule has 1 saturated heterocycles. The van der Waals surface area contributed by atoms with E-state index in [4.69, 9.17) is 5.11 Å². The lowest BCUT2D eigenvalue weighted by molar-refractivity contribution is 0.276. The van der Waals surface area contributed by atoms with E-state index in [1.54, 1.807) is 10.9 Å². The van der Waals surface area contributed by atoms with Gasteiger partial charge < -0.3 is 5.11 Å². The molecule has 6 nitrogen and oxygen atoms in total. The maximum atomic E-state index is 11.2. The minimum atomic E-state index is -2.83. The molecule has 84 valence electrons. The summed E-state index contributed by atoms with van der Waals surface area (Å²) in [6.45, 7) is -0.134. The van der Waals surface area contributed by atoms with Crippen LogP contribution in [0.15, 0.2) is 6.20 Å². The molecule has 1 fully saturated rings. The van der Waals surface area contributed by atoms with Gasteiger partial charge in [-0.25, -0.2) is 13.1 Å². The van der Waals surface area contributed by atoms with E-state index in [0.29, 0.717) is 18.5 Å². The molecule has 0 atom stereocenters. The Morgan fingerprint density at radius 1 is 1.47 bits per heavy atom. The van der Waals surface area contributed by atoms with Crippen molar-refractivity contribution in [2.45, 2.75) is 25.5 Å². The van der Waals surface area contributed by atoms with E-state index in [9.17, 15) is 8.42 Å². The second-order valence-corrected chi connectivity index (χ2v) is 6.03. The van der Waals surface area contributed by atoms with Crippen molar-refractivity contribution in [1.29, 1.82) is 0 Å². The summed E-state index contributed by atoms with van der Waals surface area (Å²) in [6.07, 6.45) is 2.83. The first-order valence-corrected chi connectivity index (χ1v) is 6.65. The van der Waals surface area contributed by atoms with Crippen LogP contribution in [0.1, 0.15) is 24.6 Å². The molecule has 0 saturated carbocycles. The molecule has 0 radical (unpaired) electrons. The summed E-state index contributed by atoms with van der Waals surface area (Å²) < 4.78 is 24.1. The maximum absolute atomic E-state index is 11.2. The summed E-state index contributed by atoms with van der Waals surface area (Å²) in [5.41, 5.74) is 0.517. The number of nitrogens with zero attached hydrogens (tertiary/aromatic N) is 3. The molecule has 2 heterocycles. The lowest BCUT2D eigenvalue weighted by Crippen LogP contribution is -2.25. The number of rotatable bonds is 2. The van der Waals surface area contributed by atoms with Gasteiger partial charge in [-0.05, 0) is 12.8 Å². The van der Waals surface area contributed by atoms with Crippen LogP contribution >= 0.6 is 0 Å². The SMILES string of the molecule is O=S1(=O)CCC(n2cc(CO)nn2)CC1. The van der Waals surface area contributed by atoms with E-state index in [2.05, 4.69) is 10.3 Å². The predicted molar refractivity (Wildman–Crippen MR) is 52.9 cm³/mol. The van der Waals surface area contributed by atoms with Crippen molar-refractivity contribution in [2.75, 3.05) is 11.5 Å². The molecule has 7 heteroatoms. The van der Waals surface area contributed by atoms with E-state index >= 15 is 0 Å². The Balaban J connectivity index is 2.07. The Morgan fingerprint density at radius 3 is 2.67 bits per heavy atom. The molecule has 1 aliphatic heterocycles. The molecule has 1 aromatic heterocycles. The van der Waals surface area contributed by atoms with Gasteiger partial charge in [0.05, 0.1) is 30.4 Å². The largest absolute Gasteiger partial charge is 0.390 e. The van der Waals surface area contributed by atoms with Crippen molar-refractivity contribution >= 4 is 9.84 Å². The maximum Gasteiger partial charge on any atom is 0.150 e. The van der Waals surface area contributed by atoms with Crippen molar-refractivity contribution in [3.05, 3.63) is 11.9 Å². The van der Waals surface area contributed by atoms with E-state index in [1.165, 1.54) is 0 Å².